The molecule has 6 aliphatic rings. The molecule has 7 rings (SSSR count). The van der Waals surface area contributed by atoms with E-state index in [9.17, 15) is 39.9 Å². The predicted molar refractivity (Wildman–Crippen MR) is 226 cm³/mol. The van der Waals surface area contributed by atoms with E-state index in [1.54, 1.807) is 31.2 Å². The van der Waals surface area contributed by atoms with Crippen molar-refractivity contribution in [3.63, 3.8) is 0 Å². The number of carbonyl (C=O) groups excluding carboxylic acids is 3. The van der Waals surface area contributed by atoms with Crippen molar-refractivity contribution in [3.8, 4) is 5.75 Å². The first-order valence-electron chi connectivity index (χ1n) is 23.0. The first kappa shape index (κ1) is 48.0. The molecular weight excluding hydrogens is 817 g/mol. The van der Waals surface area contributed by atoms with Crippen molar-refractivity contribution in [1.29, 1.82) is 0 Å². The van der Waals surface area contributed by atoms with Crippen LogP contribution in [-0.4, -0.2) is 131 Å². The van der Waals surface area contributed by atoms with E-state index in [0.717, 1.165) is 25.7 Å². The molecule has 15 heteroatoms. The maximum absolute atomic E-state index is 14.2. The Morgan fingerprint density at radius 1 is 0.857 bits per heavy atom. The Morgan fingerprint density at radius 3 is 2.21 bits per heavy atom. The van der Waals surface area contributed by atoms with Gasteiger partial charge >= 0.3 is 11.9 Å². The molecule has 4 aliphatic carbocycles. The highest BCUT2D eigenvalue weighted by atomic mass is 16.8. The first-order valence-corrected chi connectivity index (χ1v) is 23.0. The predicted octanol–water partition coefficient (Wildman–Crippen LogP) is 3.95. The van der Waals surface area contributed by atoms with E-state index in [2.05, 4.69) is 33.8 Å². The van der Waals surface area contributed by atoms with Crippen LogP contribution in [0.1, 0.15) is 105 Å². The Bertz CT molecular complexity index is 1820. The third-order valence-corrected chi connectivity index (χ3v) is 16.0. The van der Waals surface area contributed by atoms with E-state index in [1.165, 1.54) is 19.6 Å². The Morgan fingerprint density at radius 2 is 1.54 bits per heavy atom. The lowest BCUT2D eigenvalue weighted by Gasteiger charge is -2.59. The molecule has 63 heavy (non-hydrogen) atoms. The van der Waals surface area contributed by atoms with Crippen LogP contribution in [-0.2, 0) is 49.2 Å². The molecule has 0 radical (unpaired) electrons. The third kappa shape index (κ3) is 9.25. The number of allylic oxidation sites excluding steroid dienone is 1. The number of ketones is 1. The minimum absolute atomic E-state index is 0.0570. The molecular formula is C48H70O15. The zero-order valence-electron chi connectivity index (χ0n) is 37.9. The molecule has 15 nitrogen and oxygen atoms in total. The molecule has 352 valence electrons. The zero-order valence-corrected chi connectivity index (χ0v) is 37.9. The highest BCUT2D eigenvalue weighted by molar-refractivity contribution is 5.82. The molecule has 5 fully saturated rings. The summed E-state index contributed by atoms with van der Waals surface area (Å²) in [6, 6.07) is 6.74. The number of benzene rings is 1. The second kappa shape index (κ2) is 19.1. The highest BCUT2D eigenvalue weighted by Crippen LogP contribution is 2.69. The van der Waals surface area contributed by atoms with Crippen molar-refractivity contribution in [2.24, 2.45) is 40.4 Å². The van der Waals surface area contributed by atoms with Crippen LogP contribution in [0.2, 0.25) is 0 Å². The van der Waals surface area contributed by atoms with Gasteiger partial charge in [0.05, 0.1) is 39.0 Å². The van der Waals surface area contributed by atoms with Crippen molar-refractivity contribution in [2.75, 3.05) is 20.3 Å². The number of ether oxygens (including phenoxy) is 7. The van der Waals surface area contributed by atoms with Gasteiger partial charge in [0.1, 0.15) is 41.5 Å². The maximum atomic E-state index is 14.2. The molecule has 1 aromatic rings. The fourth-order valence-corrected chi connectivity index (χ4v) is 12.3. The Hall–Kier alpha value is -2.99. The van der Waals surface area contributed by atoms with Crippen molar-refractivity contribution in [2.45, 2.75) is 173 Å². The molecule has 0 amide bonds. The molecule has 17 atom stereocenters. The summed E-state index contributed by atoms with van der Waals surface area (Å²) in [6.07, 6.45) is -5.17. The average Bonchev–Trinajstić information content (AvgIpc) is 3.47. The second-order valence-corrected chi connectivity index (χ2v) is 20.1. The van der Waals surface area contributed by atoms with E-state index in [-0.39, 0.29) is 48.1 Å². The third-order valence-electron chi connectivity index (χ3n) is 16.0. The minimum atomic E-state index is -1.67. The number of carbonyl (C=O) groups is 3. The van der Waals surface area contributed by atoms with Crippen LogP contribution in [0.3, 0.4) is 0 Å². The van der Waals surface area contributed by atoms with E-state index in [4.69, 9.17) is 33.2 Å². The standard InChI is InChI=1S/C48H70O15/c1-25(2)8-15-35(51)26(3)48(56)38(22-34-32-14-11-29-21-30(50)16-18-46(29,5)33(32)17-19-47(34,48)6)61-45-43(60-27(4)49)41(37(53)24-59-45)63-44-42(40(55)36(52)23-58-44)62-39(54)20-28-9-12-31(57-7)13-10-28/h9-13,25-26,30,32-34,36-38,40-45,50,52-53,55-56H,8,14-24H2,1-7H3/t26-,30+,32-,33+,34+,36?,37?,38+,40?,41?,42?,43?,44?,45?,46+,47+,48-/m1/s1. The van der Waals surface area contributed by atoms with Crippen LogP contribution in [0, 0.1) is 40.4 Å². The molecule has 8 unspecified atom stereocenters. The molecule has 2 aliphatic heterocycles. The average molecular weight is 887 g/mol. The van der Waals surface area contributed by atoms with Crippen LogP contribution < -0.4 is 4.74 Å². The molecule has 5 N–H and O–H groups in total. The summed E-state index contributed by atoms with van der Waals surface area (Å²) >= 11 is 0. The van der Waals surface area contributed by atoms with Crippen LogP contribution >= 0.6 is 0 Å². The van der Waals surface area contributed by atoms with Gasteiger partial charge in [0.15, 0.2) is 24.8 Å². The van der Waals surface area contributed by atoms with Crippen molar-refractivity contribution < 1.29 is 73.1 Å². The molecule has 3 saturated carbocycles. The number of hydrogen-bond acceptors (Lipinski definition) is 15. The minimum Gasteiger partial charge on any atom is -0.497 e. The Labute approximate surface area is 370 Å². The van der Waals surface area contributed by atoms with Gasteiger partial charge < -0.3 is 58.7 Å². The summed E-state index contributed by atoms with van der Waals surface area (Å²) in [6.45, 7) is 10.7. The Kier molecular flexibility index (Phi) is 14.5. The quantitative estimate of drug-likeness (QED) is 0.132. The SMILES string of the molecule is COc1ccc(CC(=O)OC2C(OC3C(O)COC(O[C@H]4C[C@H]5[C@@H]6CC=C7C[C@@H](O)CC[C@]7(C)[C@H]6CC[C@]5(C)[C@@]4(O)[C@H](C)C(=O)CCC(C)C)C3OC(C)=O)OCC(O)C2O)cc1. The summed E-state index contributed by atoms with van der Waals surface area (Å²) < 4.78 is 41.8. The van der Waals surface area contributed by atoms with Gasteiger partial charge in [-0.05, 0) is 98.1 Å². The van der Waals surface area contributed by atoms with E-state index < -0.39 is 90.8 Å². The van der Waals surface area contributed by atoms with Gasteiger partial charge in [0, 0.05) is 24.7 Å². The number of esters is 2. The monoisotopic (exact) mass is 886 g/mol. The lowest BCUT2D eigenvalue weighted by Crippen LogP contribution is -2.64. The number of Topliss-reactive ketones (excluding diaryl/α,β-unsaturated/α-hetero) is 1. The van der Waals surface area contributed by atoms with Gasteiger partial charge in [0.2, 0.25) is 0 Å². The highest BCUT2D eigenvalue weighted by Gasteiger charge is 2.70. The zero-order chi connectivity index (χ0) is 45.6. The van der Waals surface area contributed by atoms with Gasteiger partial charge in [-0.1, -0.05) is 58.4 Å². The molecule has 2 saturated heterocycles. The normalized spacial score (nSPS) is 41.7. The van der Waals surface area contributed by atoms with Gasteiger partial charge in [-0.25, -0.2) is 0 Å². The van der Waals surface area contributed by atoms with Gasteiger partial charge in [0.25, 0.3) is 0 Å². The van der Waals surface area contributed by atoms with E-state index in [1.807, 2.05) is 0 Å². The molecule has 0 aromatic heterocycles. The number of hydrogen-bond donors (Lipinski definition) is 5. The lowest BCUT2D eigenvalue weighted by atomic mass is 9.46. The largest absolute Gasteiger partial charge is 0.497 e. The first-order chi connectivity index (χ1) is 29.8. The lowest BCUT2D eigenvalue weighted by molar-refractivity contribution is -0.346. The van der Waals surface area contributed by atoms with Gasteiger partial charge in [-0.2, -0.15) is 0 Å². The number of methoxy groups -OCH3 is 1. The number of rotatable bonds is 14. The van der Waals surface area contributed by atoms with Crippen LogP contribution in [0.25, 0.3) is 0 Å². The summed E-state index contributed by atoms with van der Waals surface area (Å²) in [5, 5.41) is 57.1. The number of fused-ring (bicyclic) bond motifs is 5. The maximum Gasteiger partial charge on any atom is 0.310 e. The van der Waals surface area contributed by atoms with Crippen molar-refractivity contribution in [1.82, 2.24) is 0 Å². The molecule has 0 spiro atoms. The van der Waals surface area contributed by atoms with Gasteiger partial charge in [-0.3, -0.25) is 14.4 Å². The summed E-state index contributed by atoms with van der Waals surface area (Å²) in [7, 11) is 1.52. The van der Waals surface area contributed by atoms with Crippen LogP contribution in [0.15, 0.2) is 35.9 Å². The van der Waals surface area contributed by atoms with E-state index in [0.29, 0.717) is 49.3 Å². The molecule has 1 aromatic carbocycles. The van der Waals surface area contributed by atoms with Crippen molar-refractivity contribution in [3.05, 3.63) is 41.5 Å². The topological polar surface area (TPSA) is 217 Å². The van der Waals surface area contributed by atoms with Gasteiger partial charge in [-0.15, -0.1) is 0 Å². The van der Waals surface area contributed by atoms with E-state index >= 15 is 0 Å². The van der Waals surface area contributed by atoms with Crippen LogP contribution in [0.4, 0.5) is 0 Å². The smallest absolute Gasteiger partial charge is 0.310 e. The number of aliphatic hydroxyl groups excluding tert-OH is 4. The van der Waals surface area contributed by atoms with Crippen molar-refractivity contribution >= 4 is 17.7 Å². The summed E-state index contributed by atoms with van der Waals surface area (Å²) in [4.78, 5) is 40.2. The number of aliphatic hydroxyl groups is 5. The summed E-state index contributed by atoms with van der Waals surface area (Å²) in [5.74, 6) is -1.09. The summed E-state index contributed by atoms with van der Waals surface area (Å²) in [5.41, 5.74) is -0.596. The Balaban J connectivity index is 1.16. The second-order valence-electron chi connectivity index (χ2n) is 20.1. The molecule has 2 heterocycles. The fourth-order valence-electron chi connectivity index (χ4n) is 12.3. The van der Waals surface area contributed by atoms with Crippen LogP contribution in [0.5, 0.6) is 5.75 Å². The fraction of sp³-hybridized carbons (Fsp3) is 0.771. The molecule has 0 bridgehead atoms.